The quantitative estimate of drug-likeness (QED) is 0.722. The van der Waals surface area contributed by atoms with Crippen molar-refractivity contribution in [2.45, 2.75) is 45.8 Å². The number of ether oxygens (including phenoxy) is 1. The summed E-state index contributed by atoms with van der Waals surface area (Å²) in [5.41, 5.74) is 1.43. The molecule has 8 heteroatoms. The highest BCUT2D eigenvalue weighted by molar-refractivity contribution is 7.92. The largest absolute Gasteiger partial charge is 0.376 e. The molecular formula is C18H29N3O4S. The number of hydrogen-bond acceptors (Lipinski definition) is 4. The first kappa shape index (κ1) is 20.5. The van der Waals surface area contributed by atoms with Crippen LogP contribution in [0.4, 0.5) is 10.5 Å². The standard InChI is InChI=1S/C18H29N3O4S/c1-3-12-25-17-6-5-11-21(14-17)18(22)19-13-15-7-9-16(10-8-15)20-26(23,24)4-2/h7-10,17,20H,3-6,11-14H2,1-2H3,(H,19,22)/t17-/m0/s1. The van der Waals surface area contributed by atoms with E-state index in [1.807, 2.05) is 0 Å². The molecule has 1 aromatic carbocycles. The van der Waals surface area contributed by atoms with Crippen molar-refractivity contribution in [3.05, 3.63) is 29.8 Å². The van der Waals surface area contributed by atoms with Crippen LogP contribution in [0.1, 0.15) is 38.7 Å². The van der Waals surface area contributed by atoms with Gasteiger partial charge in [-0.15, -0.1) is 0 Å². The van der Waals surface area contributed by atoms with Crippen molar-refractivity contribution in [3.8, 4) is 0 Å². The molecule has 1 heterocycles. The van der Waals surface area contributed by atoms with Gasteiger partial charge in [0.2, 0.25) is 10.0 Å². The van der Waals surface area contributed by atoms with Crippen LogP contribution in [-0.2, 0) is 21.3 Å². The topological polar surface area (TPSA) is 87.7 Å². The first-order chi connectivity index (χ1) is 12.4. The molecule has 2 N–H and O–H groups in total. The van der Waals surface area contributed by atoms with Gasteiger partial charge in [-0.2, -0.15) is 0 Å². The lowest BCUT2D eigenvalue weighted by molar-refractivity contribution is 0.0100. The van der Waals surface area contributed by atoms with Crippen LogP contribution in [-0.4, -0.2) is 50.9 Å². The molecule has 0 bridgehead atoms. The number of hydrogen-bond donors (Lipinski definition) is 2. The van der Waals surface area contributed by atoms with Gasteiger partial charge in [0.25, 0.3) is 0 Å². The van der Waals surface area contributed by atoms with E-state index in [0.717, 1.165) is 38.0 Å². The first-order valence-corrected chi connectivity index (χ1v) is 10.8. The predicted molar refractivity (Wildman–Crippen MR) is 103 cm³/mol. The molecule has 1 aromatic rings. The van der Waals surface area contributed by atoms with Gasteiger partial charge in [-0.05, 0) is 43.9 Å². The molecule has 1 fully saturated rings. The fraction of sp³-hybridized carbons (Fsp3) is 0.611. The maximum absolute atomic E-state index is 12.4. The van der Waals surface area contributed by atoms with Gasteiger partial charge in [-0.3, -0.25) is 4.72 Å². The van der Waals surface area contributed by atoms with Crippen LogP contribution in [0.15, 0.2) is 24.3 Å². The molecule has 7 nitrogen and oxygen atoms in total. The maximum Gasteiger partial charge on any atom is 0.317 e. The summed E-state index contributed by atoms with van der Waals surface area (Å²) in [5, 5.41) is 2.92. The second-order valence-electron chi connectivity index (χ2n) is 6.44. The van der Waals surface area contributed by atoms with Crippen molar-refractivity contribution in [1.82, 2.24) is 10.2 Å². The first-order valence-electron chi connectivity index (χ1n) is 9.17. The molecule has 0 saturated carbocycles. The minimum atomic E-state index is -3.28. The molecule has 1 saturated heterocycles. The number of carbonyl (C=O) groups is 1. The predicted octanol–water partition coefficient (Wildman–Crippen LogP) is 2.55. The molecule has 1 atom stereocenters. The van der Waals surface area contributed by atoms with Gasteiger partial charge in [0, 0.05) is 31.9 Å². The average molecular weight is 384 g/mol. The summed E-state index contributed by atoms with van der Waals surface area (Å²) >= 11 is 0. The van der Waals surface area contributed by atoms with Gasteiger partial charge in [0.05, 0.1) is 11.9 Å². The van der Waals surface area contributed by atoms with Gasteiger partial charge in [-0.25, -0.2) is 13.2 Å². The number of nitrogens with one attached hydrogen (secondary N) is 2. The van der Waals surface area contributed by atoms with Crippen LogP contribution >= 0.6 is 0 Å². The van der Waals surface area contributed by atoms with E-state index in [4.69, 9.17) is 4.74 Å². The second kappa shape index (κ2) is 9.78. The van der Waals surface area contributed by atoms with Crippen molar-refractivity contribution in [2.75, 3.05) is 30.2 Å². The Morgan fingerprint density at radius 3 is 2.65 bits per heavy atom. The van der Waals surface area contributed by atoms with E-state index in [1.165, 1.54) is 0 Å². The molecule has 1 aliphatic rings. The van der Waals surface area contributed by atoms with Crippen molar-refractivity contribution in [1.29, 1.82) is 0 Å². The van der Waals surface area contributed by atoms with Crippen LogP contribution in [0.5, 0.6) is 0 Å². The molecule has 0 radical (unpaired) electrons. The summed E-state index contributed by atoms with van der Waals surface area (Å²) in [5.74, 6) is 0.0314. The highest BCUT2D eigenvalue weighted by Gasteiger charge is 2.23. The summed E-state index contributed by atoms with van der Waals surface area (Å²) in [6, 6.07) is 6.91. The molecular weight excluding hydrogens is 354 g/mol. The molecule has 0 spiro atoms. The molecule has 26 heavy (non-hydrogen) atoms. The van der Waals surface area contributed by atoms with Gasteiger partial charge >= 0.3 is 6.03 Å². The Morgan fingerprint density at radius 1 is 1.27 bits per heavy atom. The second-order valence-corrected chi connectivity index (χ2v) is 8.45. The monoisotopic (exact) mass is 383 g/mol. The van der Waals surface area contributed by atoms with Crippen LogP contribution < -0.4 is 10.0 Å². The fourth-order valence-electron chi connectivity index (χ4n) is 2.78. The Hall–Kier alpha value is -1.80. The molecule has 2 rings (SSSR count). The summed E-state index contributed by atoms with van der Waals surface area (Å²) in [4.78, 5) is 14.2. The van der Waals surface area contributed by atoms with Crippen molar-refractivity contribution >= 4 is 21.7 Å². The van der Waals surface area contributed by atoms with E-state index in [0.29, 0.717) is 18.8 Å². The average Bonchev–Trinajstić information content (AvgIpc) is 2.65. The molecule has 0 aliphatic carbocycles. The van der Waals surface area contributed by atoms with E-state index in [2.05, 4.69) is 17.0 Å². The SMILES string of the molecule is CCCO[C@H]1CCCN(C(=O)NCc2ccc(NS(=O)(=O)CC)cc2)C1. The third-order valence-electron chi connectivity index (χ3n) is 4.27. The number of rotatable bonds is 8. The zero-order valence-corrected chi connectivity index (χ0v) is 16.3. The third-order valence-corrected chi connectivity index (χ3v) is 5.58. The van der Waals surface area contributed by atoms with Crippen LogP contribution in [0.2, 0.25) is 0 Å². The summed E-state index contributed by atoms with van der Waals surface area (Å²) in [6.07, 6.45) is 3.06. The van der Waals surface area contributed by atoms with Crippen LogP contribution in [0.25, 0.3) is 0 Å². The zero-order valence-electron chi connectivity index (χ0n) is 15.5. The number of amides is 2. The molecule has 1 aliphatic heterocycles. The lowest BCUT2D eigenvalue weighted by atomic mass is 10.1. The van der Waals surface area contributed by atoms with Gasteiger partial charge in [0.15, 0.2) is 0 Å². The third kappa shape index (κ3) is 6.49. The van der Waals surface area contributed by atoms with E-state index < -0.39 is 10.0 Å². The number of carbonyl (C=O) groups excluding carboxylic acids is 1. The molecule has 2 amide bonds. The van der Waals surface area contributed by atoms with E-state index >= 15 is 0 Å². The fourth-order valence-corrected chi connectivity index (χ4v) is 3.41. The lowest BCUT2D eigenvalue weighted by Gasteiger charge is -2.32. The highest BCUT2D eigenvalue weighted by Crippen LogP contribution is 2.14. The minimum absolute atomic E-state index is 0.0314. The van der Waals surface area contributed by atoms with Crippen molar-refractivity contribution in [3.63, 3.8) is 0 Å². The van der Waals surface area contributed by atoms with Crippen LogP contribution in [0.3, 0.4) is 0 Å². The molecule has 0 unspecified atom stereocenters. The minimum Gasteiger partial charge on any atom is -0.376 e. The maximum atomic E-state index is 12.4. The number of piperidine rings is 1. The Labute approximate surface area is 156 Å². The number of likely N-dealkylation sites (tertiary alicyclic amines) is 1. The highest BCUT2D eigenvalue weighted by atomic mass is 32.2. The number of benzene rings is 1. The van der Waals surface area contributed by atoms with Gasteiger partial charge < -0.3 is 15.0 Å². The van der Waals surface area contributed by atoms with E-state index in [9.17, 15) is 13.2 Å². The van der Waals surface area contributed by atoms with Crippen LogP contribution in [0, 0.1) is 0 Å². The van der Waals surface area contributed by atoms with E-state index in [-0.39, 0.29) is 17.9 Å². The smallest absolute Gasteiger partial charge is 0.317 e. The number of urea groups is 1. The summed E-state index contributed by atoms with van der Waals surface area (Å²) in [7, 11) is -3.28. The normalized spacial score (nSPS) is 17.8. The van der Waals surface area contributed by atoms with E-state index in [1.54, 1.807) is 36.1 Å². The van der Waals surface area contributed by atoms with Gasteiger partial charge in [0.1, 0.15) is 0 Å². The Balaban J connectivity index is 1.81. The lowest BCUT2D eigenvalue weighted by Crippen LogP contribution is -2.47. The summed E-state index contributed by atoms with van der Waals surface area (Å²) in [6.45, 7) is 6.17. The number of sulfonamides is 1. The number of anilines is 1. The van der Waals surface area contributed by atoms with Crippen molar-refractivity contribution in [2.24, 2.45) is 0 Å². The Morgan fingerprint density at radius 2 is 2.00 bits per heavy atom. The summed E-state index contributed by atoms with van der Waals surface area (Å²) < 4.78 is 31.4. The van der Waals surface area contributed by atoms with Gasteiger partial charge in [-0.1, -0.05) is 19.1 Å². The molecule has 146 valence electrons. The van der Waals surface area contributed by atoms with Crippen molar-refractivity contribution < 1.29 is 17.9 Å². The molecule has 0 aromatic heterocycles. The zero-order chi connectivity index (χ0) is 19.0. The Kier molecular flexibility index (Phi) is 7.71. The Bertz CT molecular complexity index is 676. The number of nitrogens with zero attached hydrogens (tertiary/aromatic N) is 1.